The zero-order chi connectivity index (χ0) is 78.1. The third-order valence-electron chi connectivity index (χ3n) is 18.8. The largest absolute Gasteiger partial charge is 0.0654 e. The van der Waals surface area contributed by atoms with Gasteiger partial charge in [-0.15, -0.1) is 0 Å². The first kappa shape index (κ1) is 74.9. The zero-order valence-corrected chi connectivity index (χ0v) is 68.0. The van der Waals surface area contributed by atoms with Gasteiger partial charge in [0.25, 0.3) is 0 Å². The van der Waals surface area contributed by atoms with Gasteiger partial charge in [-0.25, -0.2) is 0 Å². The lowest BCUT2D eigenvalue weighted by atomic mass is 9.47. The van der Waals surface area contributed by atoms with E-state index < -0.39 is 6.37 Å². The smallest absolute Gasteiger partial charge is 0.0626 e. The molecule has 5 aromatic carbocycles. The van der Waals surface area contributed by atoms with E-state index in [0.717, 1.165) is 37.0 Å². The summed E-state index contributed by atoms with van der Waals surface area (Å²) in [6, 6.07) is 30.0. The third kappa shape index (κ3) is 32.8. The summed E-state index contributed by atoms with van der Waals surface area (Å²) in [7, 11) is 0. The number of hydrogen-bond donors (Lipinski definition) is 0. The molecule has 0 aliphatic heterocycles. The van der Waals surface area contributed by atoms with Gasteiger partial charge in [-0.1, -0.05) is 341 Å². The number of aryl methyl sites for hydroxylation is 6. The first-order valence-electron chi connectivity index (χ1n) is 40.6. The highest BCUT2D eigenvalue weighted by Gasteiger charge is 2.51. The molecule has 4 bridgehead atoms. The van der Waals surface area contributed by atoms with Crippen LogP contribution in [0, 0.1) is 106 Å². The van der Waals surface area contributed by atoms with Crippen molar-refractivity contribution in [2.75, 3.05) is 0 Å². The highest BCUT2D eigenvalue weighted by atomic mass is 14.6. The van der Waals surface area contributed by atoms with Gasteiger partial charge in [-0.05, 0) is 245 Å². The fourth-order valence-electron chi connectivity index (χ4n) is 15.9. The van der Waals surface area contributed by atoms with E-state index >= 15 is 0 Å². The average Bonchev–Trinajstić information content (AvgIpc) is 0.716. The van der Waals surface area contributed by atoms with Crippen LogP contribution in [0.1, 0.15) is 354 Å². The van der Waals surface area contributed by atoms with Crippen molar-refractivity contribution in [2.45, 2.75) is 353 Å². The molecule has 528 valence electrons. The zero-order valence-electron chi connectivity index (χ0n) is 75.0. The van der Waals surface area contributed by atoms with Crippen LogP contribution in [0.15, 0.2) is 109 Å². The molecule has 2 unspecified atom stereocenters. The minimum atomic E-state index is -1.04. The van der Waals surface area contributed by atoms with Crippen LogP contribution in [0.5, 0.6) is 0 Å². The molecule has 4 aliphatic carbocycles. The van der Waals surface area contributed by atoms with Crippen LogP contribution in [-0.2, 0) is 27.1 Å². The summed E-state index contributed by atoms with van der Waals surface area (Å²) < 4.78 is 55.9. The van der Waals surface area contributed by atoms with E-state index in [-0.39, 0.29) is 73.9 Å². The molecule has 4 fully saturated rings. The highest BCUT2D eigenvalue weighted by Crippen LogP contribution is 2.60. The van der Waals surface area contributed by atoms with Crippen LogP contribution in [0.3, 0.4) is 0 Å². The van der Waals surface area contributed by atoms with Crippen molar-refractivity contribution in [1.82, 2.24) is 0 Å². The standard InChI is InChI=1S/C14H24.2C12H18.3C11H16.2C11H24/c1-14(2,3)13-11-5-9-4-10(7-11)8-12(13)6-9;2*1-9-7-6-8-10(2)11(9)12(3,4)5;3*1-9-7-5-6-8-10(9)11(2,3)4;2*1-6-8-10(7-2)9-11(3,4)5/h9-13H,4-8H2,1-3H3;2*6-8H,1-5H3;3*5-8H,1-4H3;2*10H,6-9H2,1-5H3/i13D;;;5D,6D,7D,8D;;;9D2;. The highest BCUT2D eigenvalue weighted by molar-refractivity contribution is 5.40. The van der Waals surface area contributed by atoms with E-state index in [1.54, 1.807) is 6.92 Å². The van der Waals surface area contributed by atoms with Gasteiger partial charge >= 0.3 is 0 Å². The number of benzene rings is 5. The van der Waals surface area contributed by atoms with E-state index in [0.29, 0.717) is 28.4 Å². The van der Waals surface area contributed by atoms with Crippen LogP contribution >= 0.6 is 0 Å². The van der Waals surface area contributed by atoms with E-state index in [1.165, 1.54) is 113 Å². The Hall–Kier alpha value is -3.90. The summed E-state index contributed by atoms with van der Waals surface area (Å²) >= 11 is 0. The maximum absolute atomic E-state index is 9.00. The molecule has 0 amide bonds. The molecule has 93 heavy (non-hydrogen) atoms. The Kier molecular flexibility index (Phi) is 30.8. The Balaban J connectivity index is 0.000000573. The maximum atomic E-state index is 9.00. The Labute approximate surface area is 593 Å². The molecule has 0 heteroatoms. The molecule has 0 N–H and O–H groups in total. The van der Waals surface area contributed by atoms with Crippen molar-refractivity contribution in [3.63, 3.8) is 0 Å². The van der Waals surface area contributed by atoms with Crippen LogP contribution in [0.25, 0.3) is 0 Å². The topological polar surface area (TPSA) is 0 Å². The van der Waals surface area contributed by atoms with Gasteiger partial charge < -0.3 is 0 Å². The first-order chi connectivity index (χ1) is 45.2. The predicted molar refractivity (Wildman–Crippen MR) is 424 cm³/mol. The second kappa shape index (κ2) is 38.3. The molecule has 0 aromatic heterocycles. The van der Waals surface area contributed by atoms with Crippen LogP contribution < -0.4 is 0 Å². The molecular formula is C93H156. The second-order valence-corrected chi connectivity index (χ2v) is 37.0. The lowest BCUT2D eigenvalue weighted by Crippen LogP contribution is -2.49. The first-order valence-corrected chi connectivity index (χ1v) is 37.1. The van der Waals surface area contributed by atoms with Crippen molar-refractivity contribution in [2.24, 2.45) is 57.6 Å². The second-order valence-electron chi connectivity index (χ2n) is 37.0. The van der Waals surface area contributed by atoms with Gasteiger partial charge in [0.15, 0.2) is 0 Å². The molecule has 4 saturated carbocycles. The minimum Gasteiger partial charge on any atom is -0.0654 e. The normalized spacial score (nSPS) is 20.4. The predicted octanol–water partition coefficient (Wildman–Crippen LogP) is 29.7. The number of rotatable bonds is 8. The van der Waals surface area contributed by atoms with Gasteiger partial charge in [-0.2, -0.15) is 0 Å². The lowest BCUT2D eigenvalue weighted by Gasteiger charge is -2.58. The summed E-state index contributed by atoms with van der Waals surface area (Å²) in [4.78, 5) is 0. The summed E-state index contributed by atoms with van der Waals surface area (Å²) in [6.07, 6.45) is 14.4. The Morgan fingerprint density at radius 1 is 0.376 bits per heavy atom. The molecule has 5 aromatic rings. The Morgan fingerprint density at radius 3 is 0.957 bits per heavy atom. The molecule has 0 spiro atoms. The number of hydrogen-bond acceptors (Lipinski definition) is 0. The van der Waals surface area contributed by atoms with Crippen LogP contribution in [0.2, 0.25) is 0 Å². The van der Waals surface area contributed by atoms with Gasteiger partial charge in [0.2, 0.25) is 0 Å². The molecule has 0 saturated heterocycles. The molecule has 0 heterocycles. The minimum absolute atomic E-state index is 0.0703. The monoisotopic (exact) mass is 1280 g/mol. The summed E-state index contributed by atoms with van der Waals surface area (Å²) in [5, 5.41) is 0. The molecule has 2 atom stereocenters. The summed E-state index contributed by atoms with van der Waals surface area (Å²) in [6.45, 7) is 76.4. The van der Waals surface area contributed by atoms with E-state index in [4.69, 9.17) is 9.60 Å². The third-order valence-corrected chi connectivity index (χ3v) is 18.8. The Morgan fingerprint density at radius 2 is 0.699 bits per heavy atom. The van der Waals surface area contributed by atoms with E-state index in [9.17, 15) is 0 Å². The molecule has 4 aliphatic rings. The van der Waals surface area contributed by atoms with Gasteiger partial charge in [0.1, 0.15) is 0 Å². The summed E-state index contributed by atoms with van der Waals surface area (Å²) in [5.41, 5.74) is 16.9. The molecular weight excluding hydrogens is 1120 g/mol. The van der Waals surface area contributed by atoms with Crippen molar-refractivity contribution in [3.8, 4) is 0 Å². The van der Waals surface area contributed by atoms with Gasteiger partial charge in [-0.3, -0.25) is 0 Å². The Bertz CT molecular complexity index is 3010. The SMILES string of the molecule is CCCC(CC)CC(C)(C)C.Cc1cccc(C)c1C(C)(C)C.Cc1cccc(C)c1C(C)(C)C.Cc1ccccc1C(C)(C)C.Cc1ccccc1C(C)(C)C.[2H]C([2H])(C(CC)CCC)C(C)(C)C.[2H]C1(C(C)(C)C)C2CC3CC(C2)CC1C3.[2H]c1c([2H])c([2H])c(C(C)(C)C)c(C)c1[2H]. The maximum Gasteiger partial charge on any atom is 0.0626 e. The fourth-order valence-corrected chi connectivity index (χ4v) is 15.9. The summed E-state index contributed by atoms with van der Waals surface area (Å²) in [5.74, 6) is 4.47. The van der Waals surface area contributed by atoms with E-state index in [1.807, 2.05) is 41.5 Å². The molecule has 0 nitrogen and oxygen atoms in total. The van der Waals surface area contributed by atoms with E-state index in [2.05, 4.69) is 279 Å². The van der Waals surface area contributed by atoms with Gasteiger partial charge in [0, 0.05) is 4.11 Å². The molecule has 0 radical (unpaired) electrons. The van der Waals surface area contributed by atoms with Crippen molar-refractivity contribution >= 4 is 0 Å². The van der Waals surface area contributed by atoms with Crippen molar-refractivity contribution in [3.05, 3.63) is 176 Å². The van der Waals surface area contributed by atoms with Crippen LogP contribution in [0.4, 0.5) is 0 Å². The van der Waals surface area contributed by atoms with Crippen molar-refractivity contribution in [1.29, 1.82) is 0 Å². The lowest BCUT2D eigenvalue weighted by molar-refractivity contribution is -0.0811. The fraction of sp³-hybridized carbons (Fsp3) is 0.677. The average molecular weight is 1280 g/mol. The molecule has 9 rings (SSSR count). The van der Waals surface area contributed by atoms with Crippen LogP contribution in [-0.4, -0.2) is 0 Å². The van der Waals surface area contributed by atoms with Crippen molar-refractivity contribution < 1.29 is 9.60 Å². The quantitative estimate of drug-likeness (QED) is 0.145. The van der Waals surface area contributed by atoms with Gasteiger partial charge in [0.05, 0.1) is 5.48 Å².